The van der Waals surface area contributed by atoms with Gasteiger partial charge in [-0.05, 0) is 56.4 Å². The summed E-state index contributed by atoms with van der Waals surface area (Å²) in [6, 6.07) is 14.2. The van der Waals surface area contributed by atoms with Crippen LogP contribution in [0.15, 0.2) is 97.6 Å². The molecule has 8 heteroatoms. The van der Waals surface area contributed by atoms with E-state index in [-0.39, 0.29) is 5.92 Å². The van der Waals surface area contributed by atoms with Crippen molar-refractivity contribution in [1.29, 1.82) is 0 Å². The van der Waals surface area contributed by atoms with E-state index in [1.54, 1.807) is 24.3 Å². The molecule has 0 saturated heterocycles. The van der Waals surface area contributed by atoms with Gasteiger partial charge < -0.3 is 0 Å². The van der Waals surface area contributed by atoms with Crippen LogP contribution in [0.5, 0.6) is 0 Å². The van der Waals surface area contributed by atoms with Gasteiger partial charge in [0.2, 0.25) is 0 Å². The largest absolute Gasteiger partial charge is 0.373 e. The molecule has 0 amide bonds. The van der Waals surface area contributed by atoms with Gasteiger partial charge in [0.05, 0.1) is 11.1 Å². The first kappa shape index (κ1) is 31.2. The molecule has 40 heavy (non-hydrogen) atoms. The lowest BCUT2D eigenvalue weighted by molar-refractivity contribution is -0.380. The van der Waals surface area contributed by atoms with Crippen LogP contribution in [0.4, 0.5) is 0 Å². The minimum atomic E-state index is -2.00. The van der Waals surface area contributed by atoms with Gasteiger partial charge in [-0.15, -0.1) is 26.3 Å². The SMILES string of the molecule is [CH2]C1CCC([CH2])(OOC(=O)c2ccc([Si](C)(C=C)C=C)cc2)C(OOC(=O)c2ccc([Si](C)(C=C)C=C)cc2)C1. The molecule has 210 valence electrons. The first-order valence-corrected chi connectivity index (χ1v) is 18.5. The van der Waals surface area contributed by atoms with Crippen LogP contribution in [0, 0.1) is 19.8 Å². The Balaban J connectivity index is 1.64. The van der Waals surface area contributed by atoms with Crippen molar-refractivity contribution in [2.75, 3.05) is 0 Å². The molecule has 0 spiro atoms. The summed E-state index contributed by atoms with van der Waals surface area (Å²) in [6.45, 7) is 28.1. The fourth-order valence-corrected chi connectivity index (χ4v) is 7.40. The van der Waals surface area contributed by atoms with Gasteiger partial charge in [0.25, 0.3) is 0 Å². The monoisotopic (exact) mass is 574 g/mol. The van der Waals surface area contributed by atoms with Gasteiger partial charge in [0.15, 0.2) is 0 Å². The Bertz CT molecular complexity index is 1240. The van der Waals surface area contributed by atoms with Crippen LogP contribution >= 0.6 is 0 Å². The Hall–Kier alpha value is -3.31. The van der Waals surface area contributed by atoms with Crippen LogP contribution < -0.4 is 10.4 Å². The zero-order valence-corrected chi connectivity index (χ0v) is 25.4. The Kier molecular flexibility index (Phi) is 10.1. The van der Waals surface area contributed by atoms with E-state index in [2.05, 4.69) is 53.3 Å². The molecule has 2 radical (unpaired) electrons. The highest BCUT2D eigenvalue weighted by Crippen LogP contribution is 2.37. The summed E-state index contributed by atoms with van der Waals surface area (Å²) in [5.41, 5.74) is 7.06. The fourth-order valence-electron chi connectivity index (χ4n) is 4.35. The quantitative estimate of drug-likeness (QED) is 0.186. The van der Waals surface area contributed by atoms with E-state index in [4.69, 9.17) is 19.6 Å². The van der Waals surface area contributed by atoms with E-state index in [0.717, 1.165) is 10.4 Å². The number of carbonyl (C=O) groups is 2. The van der Waals surface area contributed by atoms with Crippen LogP contribution in [0.3, 0.4) is 0 Å². The maximum atomic E-state index is 12.7. The summed E-state index contributed by atoms with van der Waals surface area (Å²) in [7, 11) is -3.99. The Morgan fingerprint density at radius 1 is 0.800 bits per heavy atom. The molecule has 0 N–H and O–H groups in total. The zero-order chi connectivity index (χ0) is 29.6. The average molecular weight is 575 g/mol. The topological polar surface area (TPSA) is 71.1 Å². The smallest absolute Gasteiger partial charge is 0.292 e. The van der Waals surface area contributed by atoms with Gasteiger partial charge in [0.1, 0.15) is 27.9 Å². The Morgan fingerprint density at radius 2 is 1.23 bits per heavy atom. The molecule has 0 aromatic heterocycles. The Morgan fingerprint density at radius 3 is 1.65 bits per heavy atom. The van der Waals surface area contributed by atoms with Gasteiger partial charge in [-0.1, -0.05) is 77.5 Å². The van der Waals surface area contributed by atoms with E-state index >= 15 is 0 Å². The number of hydrogen-bond acceptors (Lipinski definition) is 6. The molecule has 2 aromatic carbocycles. The second kappa shape index (κ2) is 12.9. The molecule has 3 unspecified atom stereocenters. The molecular weight excluding hydrogens is 537 g/mol. The predicted octanol–water partition coefficient (Wildman–Crippen LogP) is 5.61. The molecule has 0 aliphatic heterocycles. The normalized spacial score (nSPS) is 21.1. The van der Waals surface area contributed by atoms with Gasteiger partial charge >= 0.3 is 11.9 Å². The van der Waals surface area contributed by atoms with E-state index in [0.29, 0.717) is 30.4 Å². The highest BCUT2D eigenvalue weighted by Gasteiger charge is 2.45. The van der Waals surface area contributed by atoms with Crippen LogP contribution in [0.2, 0.25) is 13.1 Å². The van der Waals surface area contributed by atoms with Gasteiger partial charge in [0, 0.05) is 0 Å². The summed E-state index contributed by atoms with van der Waals surface area (Å²) in [6.07, 6.45) is 0.661. The lowest BCUT2D eigenvalue weighted by Gasteiger charge is -2.39. The van der Waals surface area contributed by atoms with Crippen LogP contribution in [0.1, 0.15) is 40.0 Å². The summed E-state index contributed by atoms with van der Waals surface area (Å²) >= 11 is 0. The summed E-state index contributed by atoms with van der Waals surface area (Å²) in [5.74, 6) is -1.30. The molecular formula is C32H38O6Si2. The van der Waals surface area contributed by atoms with E-state index in [9.17, 15) is 9.59 Å². The molecule has 3 rings (SSSR count). The molecule has 0 heterocycles. The first-order valence-electron chi connectivity index (χ1n) is 13.1. The summed E-state index contributed by atoms with van der Waals surface area (Å²) in [5, 5.41) is 2.14. The highest BCUT2D eigenvalue weighted by atomic mass is 28.3. The maximum absolute atomic E-state index is 12.7. The lowest BCUT2D eigenvalue weighted by atomic mass is 9.78. The number of rotatable bonds is 12. The van der Waals surface area contributed by atoms with Crippen molar-refractivity contribution in [3.05, 3.63) is 123 Å². The molecule has 2 aromatic rings. The molecule has 1 aliphatic carbocycles. The molecule has 1 fully saturated rings. The molecule has 3 atom stereocenters. The standard InChI is InChI=1S/C32H38O6Si2/c1-9-39(7,10-2)27-17-13-25(14-18-27)30(33)36-35-29-23-24(5)21-22-32(29,6)38-37-31(34)26-15-19-28(20-16-26)40(8,11-3)12-4/h9-20,24,29H,1-6,21-23H2,7-8H3. The third kappa shape index (κ3) is 6.87. The predicted molar refractivity (Wildman–Crippen MR) is 164 cm³/mol. The summed E-state index contributed by atoms with van der Waals surface area (Å²) < 4.78 is 0. The fraction of sp³-hybridized carbons (Fsp3) is 0.250. The molecule has 0 bridgehead atoms. The van der Waals surface area contributed by atoms with Crippen molar-refractivity contribution in [3.63, 3.8) is 0 Å². The minimum absolute atomic E-state index is 0.0262. The van der Waals surface area contributed by atoms with Crippen molar-refractivity contribution in [2.45, 2.75) is 44.1 Å². The van der Waals surface area contributed by atoms with Crippen molar-refractivity contribution in [1.82, 2.24) is 0 Å². The maximum Gasteiger partial charge on any atom is 0.373 e. The van der Waals surface area contributed by atoms with E-state index in [1.165, 1.54) is 0 Å². The third-order valence-electron chi connectivity index (χ3n) is 7.81. The van der Waals surface area contributed by atoms with Crippen LogP contribution in [0.25, 0.3) is 0 Å². The van der Waals surface area contributed by atoms with Crippen LogP contribution in [-0.4, -0.2) is 39.8 Å². The second-order valence-electron chi connectivity index (χ2n) is 10.7. The number of carbonyl (C=O) groups excluding carboxylic acids is 2. The van der Waals surface area contributed by atoms with Crippen molar-refractivity contribution < 1.29 is 29.1 Å². The number of benzene rings is 2. The van der Waals surface area contributed by atoms with Gasteiger partial charge in [-0.3, -0.25) is 9.78 Å². The summed E-state index contributed by atoms with van der Waals surface area (Å²) in [4.78, 5) is 46.9. The molecule has 1 aliphatic rings. The first-order chi connectivity index (χ1) is 18.9. The van der Waals surface area contributed by atoms with Crippen molar-refractivity contribution in [2.24, 2.45) is 5.92 Å². The van der Waals surface area contributed by atoms with Crippen molar-refractivity contribution in [3.8, 4) is 0 Å². The Labute approximate surface area is 239 Å². The van der Waals surface area contributed by atoms with Crippen LogP contribution in [-0.2, 0) is 19.6 Å². The second-order valence-corrected chi connectivity index (χ2v) is 18.6. The van der Waals surface area contributed by atoms with E-state index in [1.807, 2.05) is 47.1 Å². The minimum Gasteiger partial charge on any atom is -0.292 e. The zero-order valence-electron chi connectivity index (χ0n) is 23.4. The van der Waals surface area contributed by atoms with Gasteiger partial charge in [-0.25, -0.2) is 9.59 Å². The molecule has 1 saturated carbocycles. The number of hydrogen-bond donors (Lipinski definition) is 0. The van der Waals surface area contributed by atoms with Crippen molar-refractivity contribution >= 4 is 38.5 Å². The lowest BCUT2D eigenvalue weighted by Crippen LogP contribution is -2.49. The third-order valence-corrected chi connectivity index (χ3v) is 14.4. The average Bonchev–Trinajstić information content (AvgIpc) is 2.99. The highest BCUT2D eigenvalue weighted by molar-refractivity contribution is 6.99. The molecule has 6 nitrogen and oxygen atoms in total. The van der Waals surface area contributed by atoms with E-state index < -0.39 is 39.8 Å². The van der Waals surface area contributed by atoms with Gasteiger partial charge in [-0.2, -0.15) is 9.78 Å².